The lowest BCUT2D eigenvalue weighted by Gasteiger charge is -2.28. The van der Waals surface area contributed by atoms with Gasteiger partial charge in [-0.15, -0.1) is 11.8 Å². The van der Waals surface area contributed by atoms with Crippen molar-refractivity contribution >= 4 is 26.2 Å². The summed E-state index contributed by atoms with van der Waals surface area (Å²) in [4.78, 5) is 13.4. The number of hydrogen-bond acceptors (Lipinski definition) is 4. The van der Waals surface area contributed by atoms with Gasteiger partial charge in [0.1, 0.15) is 0 Å². The number of rotatable bonds is 8. The average Bonchev–Trinajstić information content (AvgIpc) is 2.48. The minimum atomic E-state index is -0.939. The molecule has 0 aliphatic rings. The summed E-state index contributed by atoms with van der Waals surface area (Å²) in [5.74, 6) is 0.632. The van der Waals surface area contributed by atoms with Crippen molar-refractivity contribution in [3.05, 3.63) is 30.3 Å². The quantitative estimate of drug-likeness (QED) is 0.403. The molecule has 21 heavy (non-hydrogen) atoms. The third-order valence-electron chi connectivity index (χ3n) is 3.63. The third kappa shape index (κ3) is 4.82. The SMILES string of the molecule is CCOC(=O)C(C)([PH+]=O)C(CSc1ccccc1)C(C)C. The molecule has 3 unspecified atom stereocenters. The molecule has 1 aromatic rings. The Hall–Kier alpha value is -0.860. The van der Waals surface area contributed by atoms with Gasteiger partial charge in [-0.1, -0.05) is 36.6 Å². The Morgan fingerprint density at radius 3 is 2.43 bits per heavy atom. The van der Waals surface area contributed by atoms with E-state index < -0.39 is 13.6 Å². The van der Waals surface area contributed by atoms with Crippen LogP contribution < -0.4 is 0 Å². The van der Waals surface area contributed by atoms with Crippen LogP contribution >= 0.6 is 20.2 Å². The maximum atomic E-state index is 12.2. The molecule has 0 aliphatic carbocycles. The van der Waals surface area contributed by atoms with Crippen LogP contribution in [0.3, 0.4) is 0 Å². The standard InChI is InChI=1S/C16H23O3PS/c1-5-19-15(17)16(4,20-18)14(12(2)3)11-21-13-9-7-6-8-10-13/h6-10,12,14H,5,11H2,1-4H3/p+1. The fourth-order valence-electron chi connectivity index (χ4n) is 2.28. The van der Waals surface area contributed by atoms with Crippen molar-refractivity contribution in [2.45, 2.75) is 37.7 Å². The van der Waals surface area contributed by atoms with Crippen molar-refractivity contribution < 1.29 is 14.1 Å². The summed E-state index contributed by atoms with van der Waals surface area (Å²) in [5.41, 5.74) is 0. The Morgan fingerprint density at radius 1 is 1.33 bits per heavy atom. The molecule has 0 aliphatic heterocycles. The summed E-state index contributed by atoms with van der Waals surface area (Å²) in [7, 11) is -0.705. The molecule has 0 spiro atoms. The minimum Gasteiger partial charge on any atom is -0.462 e. The largest absolute Gasteiger partial charge is 0.462 e. The second-order valence-electron chi connectivity index (χ2n) is 5.50. The number of thioether (sulfide) groups is 1. The van der Waals surface area contributed by atoms with Crippen LogP contribution in [0.5, 0.6) is 0 Å². The zero-order valence-electron chi connectivity index (χ0n) is 13.1. The fourth-order valence-corrected chi connectivity index (χ4v) is 4.61. The Labute approximate surface area is 133 Å². The molecule has 0 aromatic heterocycles. The molecule has 0 fully saturated rings. The van der Waals surface area contributed by atoms with Crippen LogP contribution in [0.4, 0.5) is 0 Å². The summed E-state index contributed by atoms with van der Waals surface area (Å²) in [6.07, 6.45) is 0. The van der Waals surface area contributed by atoms with Gasteiger partial charge in [-0.05, 0) is 31.9 Å². The first-order chi connectivity index (χ1) is 9.95. The summed E-state index contributed by atoms with van der Waals surface area (Å²) in [6, 6.07) is 10.1. The zero-order chi connectivity index (χ0) is 15.9. The van der Waals surface area contributed by atoms with Gasteiger partial charge < -0.3 is 4.74 Å². The molecule has 0 N–H and O–H groups in total. The molecule has 3 atom stereocenters. The first-order valence-corrected chi connectivity index (χ1v) is 9.09. The Morgan fingerprint density at radius 2 is 1.95 bits per heavy atom. The predicted octanol–water partition coefficient (Wildman–Crippen LogP) is 4.40. The van der Waals surface area contributed by atoms with E-state index in [0.29, 0.717) is 6.61 Å². The fraction of sp³-hybridized carbons (Fsp3) is 0.562. The number of hydrogen-bond donors (Lipinski definition) is 0. The first kappa shape index (κ1) is 18.2. The third-order valence-corrected chi connectivity index (χ3v) is 5.76. The van der Waals surface area contributed by atoms with Crippen molar-refractivity contribution in [1.29, 1.82) is 0 Å². The Balaban J connectivity index is 2.88. The van der Waals surface area contributed by atoms with Crippen LogP contribution in [0.1, 0.15) is 27.7 Å². The van der Waals surface area contributed by atoms with Gasteiger partial charge in [-0.2, -0.15) is 0 Å². The molecule has 0 heterocycles. The lowest BCUT2D eigenvalue weighted by atomic mass is 9.85. The molecule has 0 radical (unpaired) electrons. The van der Waals surface area contributed by atoms with Crippen molar-refractivity contribution in [3.8, 4) is 0 Å². The van der Waals surface area contributed by atoms with Gasteiger partial charge in [0.2, 0.25) is 0 Å². The number of esters is 1. The molecule has 0 amide bonds. The van der Waals surface area contributed by atoms with Crippen LogP contribution in [0.15, 0.2) is 35.2 Å². The van der Waals surface area contributed by atoms with Crippen LogP contribution in [0, 0.1) is 11.8 Å². The van der Waals surface area contributed by atoms with Crippen LogP contribution in [0.25, 0.3) is 0 Å². The Kier molecular flexibility index (Phi) is 7.41. The number of carbonyl (C=O) groups is 1. The maximum Gasteiger partial charge on any atom is 0.361 e. The van der Waals surface area contributed by atoms with E-state index in [-0.39, 0.29) is 17.8 Å². The Bertz CT molecular complexity index is 464. The molecule has 0 saturated heterocycles. The minimum absolute atomic E-state index is 0.00223. The van der Waals surface area contributed by atoms with Crippen LogP contribution in [-0.4, -0.2) is 23.5 Å². The molecule has 5 heteroatoms. The van der Waals surface area contributed by atoms with E-state index >= 15 is 0 Å². The van der Waals surface area contributed by atoms with Gasteiger partial charge in [0.05, 0.1) is 6.61 Å². The maximum absolute atomic E-state index is 12.2. The molecular weight excluding hydrogens is 303 g/mol. The predicted molar refractivity (Wildman–Crippen MR) is 89.5 cm³/mol. The summed E-state index contributed by atoms with van der Waals surface area (Å²) >= 11 is 1.69. The van der Waals surface area contributed by atoms with E-state index in [1.165, 1.54) is 0 Å². The van der Waals surface area contributed by atoms with Gasteiger partial charge in [0.25, 0.3) is 5.16 Å². The smallest absolute Gasteiger partial charge is 0.361 e. The van der Waals surface area contributed by atoms with Crippen molar-refractivity contribution in [3.63, 3.8) is 0 Å². The number of ether oxygens (including phenoxy) is 1. The monoisotopic (exact) mass is 327 g/mol. The van der Waals surface area contributed by atoms with Gasteiger partial charge >= 0.3 is 14.4 Å². The summed E-state index contributed by atoms with van der Waals surface area (Å²) < 4.78 is 16.9. The van der Waals surface area contributed by atoms with E-state index in [2.05, 4.69) is 13.8 Å². The van der Waals surface area contributed by atoms with Crippen molar-refractivity contribution in [2.75, 3.05) is 12.4 Å². The average molecular weight is 327 g/mol. The van der Waals surface area contributed by atoms with Gasteiger partial charge in [-0.3, -0.25) is 0 Å². The molecule has 0 bridgehead atoms. The topological polar surface area (TPSA) is 43.4 Å². The molecule has 1 rings (SSSR count). The highest BCUT2D eigenvalue weighted by molar-refractivity contribution is 7.99. The van der Waals surface area contributed by atoms with E-state index in [1.807, 2.05) is 30.3 Å². The van der Waals surface area contributed by atoms with Crippen molar-refractivity contribution in [2.24, 2.45) is 11.8 Å². The second kappa shape index (κ2) is 8.55. The van der Waals surface area contributed by atoms with Gasteiger partial charge in [0.15, 0.2) is 0 Å². The highest BCUT2D eigenvalue weighted by Gasteiger charge is 2.52. The molecule has 3 nitrogen and oxygen atoms in total. The van der Waals surface area contributed by atoms with Gasteiger partial charge in [0, 0.05) is 16.6 Å². The van der Waals surface area contributed by atoms with Crippen LogP contribution in [-0.2, 0) is 14.1 Å². The molecular formula is C16H24O3PS+. The number of benzene rings is 1. The normalized spacial score (nSPS) is 15.7. The zero-order valence-corrected chi connectivity index (χ0v) is 14.9. The van der Waals surface area contributed by atoms with E-state index in [4.69, 9.17) is 4.74 Å². The molecule has 0 saturated carbocycles. The van der Waals surface area contributed by atoms with E-state index in [1.54, 1.807) is 25.6 Å². The van der Waals surface area contributed by atoms with Crippen molar-refractivity contribution in [1.82, 2.24) is 0 Å². The molecule has 116 valence electrons. The lowest BCUT2D eigenvalue weighted by Crippen LogP contribution is -2.43. The van der Waals surface area contributed by atoms with E-state index in [0.717, 1.165) is 10.6 Å². The van der Waals surface area contributed by atoms with Crippen LogP contribution in [0.2, 0.25) is 0 Å². The van der Waals surface area contributed by atoms with E-state index in [9.17, 15) is 9.36 Å². The first-order valence-electron chi connectivity index (χ1n) is 7.20. The lowest BCUT2D eigenvalue weighted by molar-refractivity contribution is -0.147. The highest BCUT2D eigenvalue weighted by atomic mass is 32.2. The summed E-state index contributed by atoms with van der Waals surface area (Å²) in [6.45, 7) is 7.97. The molecule has 1 aromatic carbocycles. The highest BCUT2D eigenvalue weighted by Crippen LogP contribution is 2.40. The second-order valence-corrected chi connectivity index (χ2v) is 7.84. The summed E-state index contributed by atoms with van der Waals surface area (Å²) in [5, 5.41) is -0.939. The van der Waals surface area contributed by atoms with Gasteiger partial charge in [-0.25, -0.2) is 4.79 Å². The number of carbonyl (C=O) groups excluding carboxylic acids is 1.